The van der Waals surface area contributed by atoms with Crippen LogP contribution in [0.5, 0.6) is 0 Å². The van der Waals surface area contributed by atoms with E-state index in [-0.39, 0.29) is 6.04 Å². The van der Waals surface area contributed by atoms with Crippen LogP contribution in [0, 0.1) is 0 Å². The van der Waals surface area contributed by atoms with Gasteiger partial charge in [-0.05, 0) is 38.2 Å². The monoisotopic (exact) mass is 311 g/mol. The van der Waals surface area contributed by atoms with Gasteiger partial charge in [-0.15, -0.1) is 0 Å². The quantitative estimate of drug-likeness (QED) is 0.919. The van der Waals surface area contributed by atoms with Gasteiger partial charge in [0.1, 0.15) is 0 Å². The van der Waals surface area contributed by atoms with E-state index in [1.807, 2.05) is 0 Å². The Morgan fingerprint density at radius 2 is 1.94 bits per heavy atom. The largest absolute Gasteiger partial charge is 0.326 e. The minimum atomic E-state index is 0.193. The Labute approximate surface area is 118 Å². The lowest BCUT2D eigenvalue weighted by Gasteiger charge is -2.40. The van der Waals surface area contributed by atoms with Gasteiger partial charge in [-0.2, -0.15) is 0 Å². The van der Waals surface area contributed by atoms with Crippen molar-refractivity contribution in [2.24, 2.45) is 5.73 Å². The van der Waals surface area contributed by atoms with Crippen LogP contribution in [0.2, 0.25) is 0 Å². The lowest BCUT2D eigenvalue weighted by atomic mass is 9.97. The molecule has 18 heavy (non-hydrogen) atoms. The molecule has 0 amide bonds. The zero-order chi connectivity index (χ0) is 13.1. The number of hydrogen-bond acceptors (Lipinski definition) is 3. The highest BCUT2D eigenvalue weighted by atomic mass is 79.9. The molecule has 0 aliphatic carbocycles. The molecule has 0 bridgehead atoms. The van der Waals surface area contributed by atoms with Gasteiger partial charge in [0.2, 0.25) is 0 Å². The maximum Gasteiger partial charge on any atom is 0.0375 e. The summed E-state index contributed by atoms with van der Waals surface area (Å²) in [6.07, 6.45) is 0.941. The summed E-state index contributed by atoms with van der Waals surface area (Å²) in [4.78, 5) is 4.76. The molecule has 1 saturated heterocycles. The average molecular weight is 312 g/mol. The van der Waals surface area contributed by atoms with Crippen molar-refractivity contribution in [3.63, 3.8) is 0 Å². The Bertz CT molecular complexity index is 379. The first-order chi connectivity index (χ1) is 8.56. The number of halogens is 1. The summed E-state index contributed by atoms with van der Waals surface area (Å²) in [5.41, 5.74) is 7.70. The lowest BCUT2D eigenvalue weighted by Crippen LogP contribution is -2.58. The van der Waals surface area contributed by atoms with Crippen LogP contribution in [-0.4, -0.2) is 55.6 Å². The fourth-order valence-electron chi connectivity index (χ4n) is 2.54. The molecule has 3 nitrogen and oxygen atoms in total. The van der Waals surface area contributed by atoms with E-state index in [2.05, 4.69) is 64.1 Å². The molecule has 2 atom stereocenters. The van der Waals surface area contributed by atoms with Crippen LogP contribution in [0.3, 0.4) is 0 Å². The smallest absolute Gasteiger partial charge is 0.0375 e. The standard InChI is InChI=1S/C14H22BrN3/c1-17-7-8-18(2)14(10-17)13(16)9-11-3-5-12(15)6-4-11/h3-6,13-14H,7-10,16H2,1-2H3. The molecule has 1 aromatic rings. The second kappa shape index (κ2) is 6.15. The van der Waals surface area contributed by atoms with Gasteiger partial charge in [0, 0.05) is 36.2 Å². The maximum atomic E-state index is 6.39. The van der Waals surface area contributed by atoms with Crippen molar-refractivity contribution in [3.8, 4) is 0 Å². The van der Waals surface area contributed by atoms with Crippen LogP contribution in [0.4, 0.5) is 0 Å². The fourth-order valence-corrected chi connectivity index (χ4v) is 2.80. The molecular formula is C14H22BrN3. The Kier molecular flexibility index (Phi) is 4.78. The van der Waals surface area contributed by atoms with E-state index in [4.69, 9.17) is 5.73 Å². The van der Waals surface area contributed by atoms with Crippen molar-refractivity contribution in [2.75, 3.05) is 33.7 Å². The zero-order valence-electron chi connectivity index (χ0n) is 11.1. The van der Waals surface area contributed by atoms with Gasteiger partial charge in [-0.1, -0.05) is 28.1 Å². The first kappa shape index (κ1) is 14.0. The molecule has 1 fully saturated rings. The van der Waals surface area contributed by atoms with Crippen molar-refractivity contribution >= 4 is 15.9 Å². The maximum absolute atomic E-state index is 6.39. The van der Waals surface area contributed by atoms with E-state index in [0.29, 0.717) is 6.04 Å². The van der Waals surface area contributed by atoms with Crippen molar-refractivity contribution in [2.45, 2.75) is 18.5 Å². The Hall–Kier alpha value is -0.420. The van der Waals surface area contributed by atoms with Gasteiger partial charge in [-0.3, -0.25) is 4.90 Å². The van der Waals surface area contributed by atoms with E-state index < -0.39 is 0 Å². The molecule has 0 spiro atoms. The third-order valence-electron chi connectivity index (χ3n) is 3.78. The summed E-state index contributed by atoms with van der Waals surface area (Å²) >= 11 is 3.46. The van der Waals surface area contributed by atoms with E-state index in [9.17, 15) is 0 Å². The molecular weight excluding hydrogens is 290 g/mol. The highest BCUT2D eigenvalue weighted by Gasteiger charge is 2.27. The molecule has 1 aromatic carbocycles. The normalized spacial score (nSPS) is 24.1. The van der Waals surface area contributed by atoms with Gasteiger partial charge < -0.3 is 10.6 Å². The first-order valence-corrected chi connectivity index (χ1v) is 7.24. The average Bonchev–Trinajstić information content (AvgIpc) is 2.35. The van der Waals surface area contributed by atoms with Gasteiger partial charge in [0.15, 0.2) is 0 Å². The zero-order valence-corrected chi connectivity index (χ0v) is 12.7. The molecule has 100 valence electrons. The van der Waals surface area contributed by atoms with Gasteiger partial charge in [0.05, 0.1) is 0 Å². The summed E-state index contributed by atoms with van der Waals surface area (Å²) in [7, 11) is 4.35. The topological polar surface area (TPSA) is 32.5 Å². The third kappa shape index (κ3) is 3.54. The summed E-state index contributed by atoms with van der Waals surface area (Å²) in [6.45, 7) is 3.31. The molecule has 1 aliphatic rings. The molecule has 2 N–H and O–H groups in total. The number of nitrogens with zero attached hydrogens (tertiary/aromatic N) is 2. The highest BCUT2D eigenvalue weighted by Crippen LogP contribution is 2.15. The van der Waals surface area contributed by atoms with E-state index in [1.54, 1.807) is 0 Å². The van der Waals surface area contributed by atoms with E-state index in [1.165, 1.54) is 5.56 Å². The summed E-state index contributed by atoms with van der Waals surface area (Å²) < 4.78 is 1.12. The number of likely N-dealkylation sites (N-methyl/N-ethyl adjacent to an activating group) is 2. The van der Waals surface area contributed by atoms with Gasteiger partial charge >= 0.3 is 0 Å². The molecule has 1 heterocycles. The van der Waals surface area contributed by atoms with E-state index in [0.717, 1.165) is 30.5 Å². The molecule has 0 saturated carbocycles. The van der Waals surface area contributed by atoms with Gasteiger partial charge in [0.25, 0.3) is 0 Å². The van der Waals surface area contributed by atoms with E-state index >= 15 is 0 Å². The van der Waals surface area contributed by atoms with Crippen molar-refractivity contribution in [1.29, 1.82) is 0 Å². The number of piperazine rings is 1. The minimum absolute atomic E-state index is 0.193. The Morgan fingerprint density at radius 1 is 1.28 bits per heavy atom. The predicted octanol–water partition coefficient (Wildman–Crippen LogP) is 1.56. The molecule has 1 aliphatic heterocycles. The third-order valence-corrected chi connectivity index (χ3v) is 4.31. The second-order valence-electron chi connectivity index (χ2n) is 5.30. The molecule has 2 rings (SSSR count). The van der Waals surface area contributed by atoms with Crippen LogP contribution in [0.15, 0.2) is 28.7 Å². The first-order valence-electron chi connectivity index (χ1n) is 6.45. The Balaban J connectivity index is 1.98. The second-order valence-corrected chi connectivity index (χ2v) is 6.22. The van der Waals surface area contributed by atoms with Crippen LogP contribution in [0.1, 0.15) is 5.56 Å². The molecule has 2 unspecified atom stereocenters. The fraction of sp³-hybridized carbons (Fsp3) is 0.571. The lowest BCUT2D eigenvalue weighted by molar-refractivity contribution is 0.0973. The predicted molar refractivity (Wildman–Crippen MR) is 79.7 cm³/mol. The van der Waals surface area contributed by atoms with Crippen LogP contribution in [-0.2, 0) is 6.42 Å². The van der Waals surface area contributed by atoms with Crippen LogP contribution < -0.4 is 5.73 Å². The van der Waals surface area contributed by atoms with Crippen molar-refractivity contribution < 1.29 is 0 Å². The number of hydrogen-bond donors (Lipinski definition) is 1. The summed E-state index contributed by atoms with van der Waals surface area (Å²) in [6, 6.07) is 9.11. The van der Waals surface area contributed by atoms with Crippen LogP contribution in [0.25, 0.3) is 0 Å². The Morgan fingerprint density at radius 3 is 2.61 bits per heavy atom. The number of nitrogens with two attached hydrogens (primary N) is 1. The van der Waals surface area contributed by atoms with Crippen LogP contribution >= 0.6 is 15.9 Å². The SMILES string of the molecule is CN1CCN(C)C(C(N)Cc2ccc(Br)cc2)C1. The van der Waals surface area contributed by atoms with Gasteiger partial charge in [-0.25, -0.2) is 0 Å². The summed E-state index contributed by atoms with van der Waals surface area (Å²) in [5.74, 6) is 0. The number of benzene rings is 1. The number of rotatable bonds is 3. The van der Waals surface area contributed by atoms with Crippen molar-refractivity contribution in [1.82, 2.24) is 9.80 Å². The highest BCUT2D eigenvalue weighted by molar-refractivity contribution is 9.10. The molecule has 0 radical (unpaired) electrons. The summed E-state index contributed by atoms with van der Waals surface area (Å²) in [5, 5.41) is 0. The van der Waals surface area contributed by atoms with Crippen molar-refractivity contribution in [3.05, 3.63) is 34.3 Å². The molecule has 0 aromatic heterocycles. The molecule has 4 heteroatoms. The minimum Gasteiger partial charge on any atom is -0.326 e.